The van der Waals surface area contributed by atoms with E-state index in [0.29, 0.717) is 52.1 Å². The number of hydrogen-bond donors (Lipinski definition) is 3. The minimum absolute atomic E-state index is 0.00613. The quantitative estimate of drug-likeness (QED) is 0.387. The number of carbonyl (C=O) groups excluding carboxylic acids is 2. The van der Waals surface area contributed by atoms with Crippen LogP contribution in [0.15, 0.2) is 0 Å². The van der Waals surface area contributed by atoms with Gasteiger partial charge in [-0.3, -0.25) is 25.3 Å². The van der Waals surface area contributed by atoms with Gasteiger partial charge in [-0.05, 0) is 33.6 Å². The summed E-state index contributed by atoms with van der Waals surface area (Å²) < 4.78 is 10.8. The van der Waals surface area contributed by atoms with Crippen LogP contribution >= 0.6 is 0 Å². The van der Waals surface area contributed by atoms with E-state index in [1.807, 2.05) is 4.90 Å². The number of carboxylic acids is 1. The summed E-state index contributed by atoms with van der Waals surface area (Å²) in [7, 11) is 0. The lowest BCUT2D eigenvalue weighted by Crippen LogP contribution is -2.52. The first-order valence-corrected chi connectivity index (χ1v) is 11.5. The Kier molecular flexibility index (Phi) is 8.01. The number of rotatable bonds is 5. The predicted molar refractivity (Wildman–Crippen MR) is 119 cm³/mol. The van der Waals surface area contributed by atoms with Gasteiger partial charge < -0.3 is 24.4 Å². The molecule has 0 aromatic heterocycles. The summed E-state index contributed by atoms with van der Waals surface area (Å²) in [5.74, 6) is -0.808. The van der Waals surface area contributed by atoms with Gasteiger partial charge in [-0.2, -0.15) is 0 Å². The van der Waals surface area contributed by atoms with E-state index < -0.39 is 17.7 Å². The second-order valence-corrected chi connectivity index (χ2v) is 9.82. The zero-order valence-electron chi connectivity index (χ0n) is 19.7. The molecular formula is C21H36N6O6. The Morgan fingerprint density at radius 2 is 1.73 bits per heavy atom. The lowest BCUT2D eigenvalue weighted by molar-refractivity contribution is -0.138. The highest BCUT2D eigenvalue weighted by atomic mass is 16.6. The number of ether oxygens (including phenoxy) is 2. The maximum Gasteiger partial charge on any atom is 0.414 e. The average molecular weight is 469 g/mol. The van der Waals surface area contributed by atoms with Crippen LogP contribution in [-0.4, -0.2) is 125 Å². The monoisotopic (exact) mass is 468 g/mol. The summed E-state index contributed by atoms with van der Waals surface area (Å²) in [6.07, 6.45) is 0.227. The second-order valence-electron chi connectivity index (χ2n) is 9.82. The molecule has 12 heteroatoms. The Balaban J connectivity index is 1.39. The number of nitrogens with zero attached hydrogens (tertiary/aromatic N) is 4. The molecule has 3 fully saturated rings. The van der Waals surface area contributed by atoms with E-state index in [9.17, 15) is 14.4 Å². The van der Waals surface area contributed by atoms with Gasteiger partial charge in [-0.25, -0.2) is 9.59 Å². The van der Waals surface area contributed by atoms with Crippen molar-refractivity contribution in [2.45, 2.75) is 51.4 Å². The molecule has 0 saturated carbocycles. The van der Waals surface area contributed by atoms with E-state index in [1.54, 1.807) is 30.6 Å². The summed E-state index contributed by atoms with van der Waals surface area (Å²) in [6, 6.07) is 0.0421. The predicted octanol–water partition coefficient (Wildman–Crippen LogP) is 0.433. The molecule has 3 aliphatic heterocycles. The third kappa shape index (κ3) is 7.46. The van der Waals surface area contributed by atoms with Crippen molar-refractivity contribution in [3.05, 3.63) is 0 Å². The molecule has 186 valence electrons. The lowest BCUT2D eigenvalue weighted by atomic mass is 10.0. The SMILES string of the molecule is CC(C)(C)OC(=O)NC(=N)N1CCC(N2CC(CN3CCN(CC(=O)O)CC3)OC2=O)CC1. The maximum absolute atomic E-state index is 12.5. The Morgan fingerprint density at radius 1 is 1.12 bits per heavy atom. The molecule has 3 rings (SSSR count). The maximum atomic E-state index is 12.5. The molecule has 12 nitrogen and oxygen atoms in total. The van der Waals surface area contributed by atoms with Crippen molar-refractivity contribution in [2.75, 3.05) is 58.9 Å². The van der Waals surface area contributed by atoms with Gasteiger partial charge in [0.15, 0.2) is 0 Å². The van der Waals surface area contributed by atoms with E-state index in [1.165, 1.54) is 0 Å². The summed E-state index contributed by atoms with van der Waals surface area (Å²) in [6.45, 7) is 10.5. The number of amides is 2. The normalized spacial score (nSPS) is 23.4. The number of likely N-dealkylation sites (tertiary alicyclic amines) is 1. The van der Waals surface area contributed by atoms with Gasteiger partial charge >= 0.3 is 18.2 Å². The van der Waals surface area contributed by atoms with Crippen molar-refractivity contribution in [2.24, 2.45) is 0 Å². The van der Waals surface area contributed by atoms with E-state index in [-0.39, 0.29) is 30.7 Å². The van der Waals surface area contributed by atoms with Crippen molar-refractivity contribution >= 4 is 24.1 Å². The van der Waals surface area contributed by atoms with Gasteiger partial charge in [0, 0.05) is 51.9 Å². The first-order chi connectivity index (χ1) is 15.5. The largest absolute Gasteiger partial charge is 0.480 e. The third-order valence-electron chi connectivity index (χ3n) is 6.03. The fraction of sp³-hybridized carbons (Fsp3) is 0.810. The molecule has 3 N–H and O–H groups in total. The summed E-state index contributed by atoms with van der Waals surface area (Å²) in [5.41, 5.74) is -0.629. The Labute approximate surface area is 194 Å². The number of aliphatic carboxylic acids is 1. The van der Waals surface area contributed by atoms with Crippen LogP contribution in [0.5, 0.6) is 0 Å². The highest BCUT2D eigenvalue weighted by Crippen LogP contribution is 2.23. The minimum Gasteiger partial charge on any atom is -0.480 e. The van der Waals surface area contributed by atoms with E-state index in [4.69, 9.17) is 20.0 Å². The molecule has 0 aliphatic carbocycles. The van der Waals surface area contributed by atoms with Crippen LogP contribution in [0.4, 0.5) is 9.59 Å². The van der Waals surface area contributed by atoms with Crippen LogP contribution in [0.3, 0.4) is 0 Å². The second kappa shape index (κ2) is 10.6. The van der Waals surface area contributed by atoms with Crippen LogP contribution < -0.4 is 5.32 Å². The van der Waals surface area contributed by atoms with E-state index >= 15 is 0 Å². The summed E-state index contributed by atoms with van der Waals surface area (Å²) in [4.78, 5) is 42.9. The van der Waals surface area contributed by atoms with Crippen LogP contribution in [0.25, 0.3) is 0 Å². The van der Waals surface area contributed by atoms with E-state index in [2.05, 4.69) is 10.2 Å². The Hall–Kier alpha value is -2.60. The van der Waals surface area contributed by atoms with Gasteiger partial charge in [0.25, 0.3) is 0 Å². The highest BCUT2D eigenvalue weighted by Gasteiger charge is 2.38. The molecule has 0 aromatic carbocycles. The number of piperidine rings is 1. The van der Waals surface area contributed by atoms with Crippen LogP contribution in [-0.2, 0) is 14.3 Å². The summed E-state index contributed by atoms with van der Waals surface area (Å²) >= 11 is 0. The average Bonchev–Trinajstić information content (AvgIpc) is 3.07. The Bertz CT molecular complexity index is 740. The number of carbonyl (C=O) groups is 3. The lowest BCUT2D eigenvalue weighted by Gasteiger charge is -2.37. The molecule has 33 heavy (non-hydrogen) atoms. The van der Waals surface area contributed by atoms with Crippen LogP contribution in [0, 0.1) is 5.41 Å². The number of piperazine rings is 1. The first kappa shape index (κ1) is 25.0. The Morgan fingerprint density at radius 3 is 2.30 bits per heavy atom. The minimum atomic E-state index is -0.814. The molecule has 2 amide bonds. The summed E-state index contributed by atoms with van der Waals surface area (Å²) in [5, 5.41) is 19.5. The standard InChI is InChI=1S/C21H36N6O6/c1-21(2,3)33-19(30)23-18(22)26-6-4-15(5-7-26)27-13-16(32-20(27)31)12-24-8-10-25(11-9-24)14-17(28)29/h15-16H,4-14H2,1-3H3,(H,28,29)(H2,22,23,30). The topological polar surface area (TPSA) is 139 Å². The molecule has 0 aromatic rings. The number of guanidine groups is 1. The highest BCUT2D eigenvalue weighted by molar-refractivity contribution is 5.92. The number of alkyl carbamates (subject to hydrolysis) is 1. The molecular weight excluding hydrogens is 432 g/mol. The fourth-order valence-corrected chi connectivity index (χ4v) is 4.42. The van der Waals surface area contributed by atoms with Crippen molar-refractivity contribution in [1.29, 1.82) is 5.41 Å². The fourth-order valence-electron chi connectivity index (χ4n) is 4.42. The number of cyclic esters (lactones) is 1. The van der Waals surface area contributed by atoms with Crippen molar-refractivity contribution in [3.63, 3.8) is 0 Å². The number of carboxylic acid groups (broad SMARTS) is 1. The van der Waals surface area contributed by atoms with Gasteiger partial charge in [-0.15, -0.1) is 0 Å². The molecule has 1 atom stereocenters. The van der Waals surface area contributed by atoms with Gasteiger partial charge in [0.05, 0.1) is 13.1 Å². The van der Waals surface area contributed by atoms with Gasteiger partial charge in [-0.1, -0.05) is 0 Å². The van der Waals surface area contributed by atoms with Crippen molar-refractivity contribution in [3.8, 4) is 0 Å². The van der Waals surface area contributed by atoms with Crippen molar-refractivity contribution in [1.82, 2.24) is 24.9 Å². The van der Waals surface area contributed by atoms with E-state index in [0.717, 1.165) is 13.1 Å². The van der Waals surface area contributed by atoms with Crippen LogP contribution in [0.1, 0.15) is 33.6 Å². The van der Waals surface area contributed by atoms with Crippen LogP contribution in [0.2, 0.25) is 0 Å². The smallest absolute Gasteiger partial charge is 0.414 e. The van der Waals surface area contributed by atoms with Crippen molar-refractivity contribution < 1.29 is 29.0 Å². The number of nitrogens with one attached hydrogen (secondary N) is 2. The molecule has 3 saturated heterocycles. The molecule has 0 bridgehead atoms. The molecule has 1 unspecified atom stereocenters. The molecule has 0 spiro atoms. The third-order valence-corrected chi connectivity index (χ3v) is 6.03. The zero-order valence-corrected chi connectivity index (χ0v) is 19.7. The van der Waals surface area contributed by atoms with Gasteiger partial charge in [0.2, 0.25) is 5.96 Å². The zero-order chi connectivity index (χ0) is 24.2. The first-order valence-electron chi connectivity index (χ1n) is 11.5. The molecule has 3 aliphatic rings. The molecule has 3 heterocycles. The number of hydrogen-bond acceptors (Lipinski definition) is 8. The van der Waals surface area contributed by atoms with Gasteiger partial charge in [0.1, 0.15) is 11.7 Å². The molecule has 0 radical (unpaired) electrons.